The highest BCUT2D eigenvalue weighted by Crippen LogP contribution is 2.31. The number of aromatic nitrogens is 4. The van der Waals surface area contributed by atoms with Crippen molar-refractivity contribution in [2.45, 2.75) is 31.7 Å². The quantitative estimate of drug-likeness (QED) is 0.424. The van der Waals surface area contributed by atoms with E-state index < -0.39 is 0 Å². The molecule has 0 bridgehead atoms. The third-order valence-corrected chi connectivity index (χ3v) is 7.11. The molecule has 9 heteroatoms. The van der Waals surface area contributed by atoms with Crippen LogP contribution in [0.3, 0.4) is 0 Å². The number of nitrogens with one attached hydrogen (secondary N) is 2. The summed E-state index contributed by atoms with van der Waals surface area (Å²) < 4.78 is 1.69. The van der Waals surface area contributed by atoms with E-state index >= 15 is 0 Å². The lowest BCUT2D eigenvalue weighted by molar-refractivity contribution is 0.0783. The number of carbonyl (C=O) groups excluding carboxylic acids is 2. The number of aromatic amines is 1. The SMILES string of the molecule is Cn1cc(-c2cnc(N)c(C(=O)N[C@@H]3CCN(C(=O)c4ccc5[nH]c6c(c5c4)CCC6)C3)c2)cn1. The van der Waals surface area contributed by atoms with Crippen LogP contribution in [0.15, 0.2) is 42.9 Å². The van der Waals surface area contributed by atoms with Crippen LogP contribution in [0, 0.1) is 0 Å². The first-order valence-corrected chi connectivity index (χ1v) is 11.9. The number of likely N-dealkylation sites (tertiary alicyclic amines) is 1. The summed E-state index contributed by atoms with van der Waals surface area (Å²) in [5.74, 6) is -0.117. The minimum atomic E-state index is -0.288. The lowest BCUT2D eigenvalue weighted by Gasteiger charge is -2.18. The van der Waals surface area contributed by atoms with E-state index in [0.717, 1.165) is 41.3 Å². The number of rotatable bonds is 4. The summed E-state index contributed by atoms with van der Waals surface area (Å²) in [6.07, 6.45) is 9.19. The standard InChI is InChI=1S/C26H27N7O2/c1-32-13-17(12-29-32)16-10-21(24(27)28-11-16)25(34)30-18-7-8-33(14-18)26(35)15-5-6-23-20(9-15)19-3-2-4-22(19)31-23/h5-6,9-13,18,31H,2-4,7-8,14H2,1H3,(H2,27,28)(H,30,34)/t18-/m1/s1. The van der Waals surface area contributed by atoms with Crippen molar-refractivity contribution in [3.8, 4) is 11.1 Å². The topological polar surface area (TPSA) is 122 Å². The van der Waals surface area contributed by atoms with Crippen LogP contribution in [-0.4, -0.2) is 55.6 Å². The highest BCUT2D eigenvalue weighted by Gasteiger charge is 2.29. The van der Waals surface area contributed by atoms with Gasteiger partial charge in [-0.1, -0.05) is 0 Å². The van der Waals surface area contributed by atoms with E-state index in [1.54, 1.807) is 23.1 Å². The van der Waals surface area contributed by atoms with E-state index in [1.807, 2.05) is 36.3 Å². The van der Waals surface area contributed by atoms with Crippen molar-refractivity contribution in [3.05, 3.63) is 65.2 Å². The molecule has 178 valence electrons. The number of nitrogens with two attached hydrogens (primary N) is 1. The number of benzene rings is 1. The molecule has 4 aromatic rings. The molecule has 1 saturated heterocycles. The second kappa shape index (κ2) is 8.26. The van der Waals surface area contributed by atoms with Gasteiger partial charge in [0.2, 0.25) is 0 Å². The molecule has 9 nitrogen and oxygen atoms in total. The number of nitrogens with zero attached hydrogens (tertiary/aromatic N) is 4. The van der Waals surface area contributed by atoms with E-state index in [4.69, 9.17) is 5.73 Å². The molecular weight excluding hydrogens is 442 g/mol. The van der Waals surface area contributed by atoms with Crippen molar-refractivity contribution in [3.63, 3.8) is 0 Å². The van der Waals surface area contributed by atoms with Crippen LogP contribution in [0.5, 0.6) is 0 Å². The minimum Gasteiger partial charge on any atom is -0.383 e. The largest absolute Gasteiger partial charge is 0.383 e. The van der Waals surface area contributed by atoms with Crippen LogP contribution in [0.2, 0.25) is 0 Å². The molecule has 0 radical (unpaired) electrons. The summed E-state index contributed by atoms with van der Waals surface area (Å²) in [7, 11) is 1.83. The van der Waals surface area contributed by atoms with Crippen LogP contribution >= 0.6 is 0 Å². The van der Waals surface area contributed by atoms with Gasteiger partial charge in [0, 0.05) is 71.9 Å². The Bertz CT molecular complexity index is 1470. The Morgan fingerprint density at radius 1 is 1.17 bits per heavy atom. The molecule has 1 atom stereocenters. The Balaban J connectivity index is 1.15. The Kier molecular flexibility index (Phi) is 5.05. The van der Waals surface area contributed by atoms with E-state index in [0.29, 0.717) is 30.6 Å². The predicted molar refractivity (Wildman–Crippen MR) is 133 cm³/mol. The number of aryl methyl sites for hydroxylation is 3. The zero-order chi connectivity index (χ0) is 24.1. The van der Waals surface area contributed by atoms with Gasteiger partial charge in [-0.25, -0.2) is 4.98 Å². The van der Waals surface area contributed by atoms with Crippen LogP contribution in [0.25, 0.3) is 22.0 Å². The molecule has 1 aliphatic heterocycles. The maximum Gasteiger partial charge on any atom is 0.255 e. The fraction of sp³-hybridized carbons (Fsp3) is 0.308. The number of hydrogen-bond donors (Lipinski definition) is 3. The van der Waals surface area contributed by atoms with Crippen LogP contribution in [0.1, 0.15) is 44.8 Å². The zero-order valence-corrected chi connectivity index (χ0v) is 19.5. The average molecular weight is 470 g/mol. The van der Waals surface area contributed by atoms with Crippen molar-refractivity contribution in [1.29, 1.82) is 0 Å². The van der Waals surface area contributed by atoms with Gasteiger partial charge in [0.1, 0.15) is 5.82 Å². The average Bonchev–Trinajstić information content (AvgIpc) is 3.63. The molecule has 0 saturated carbocycles. The molecule has 0 unspecified atom stereocenters. The van der Waals surface area contributed by atoms with Gasteiger partial charge >= 0.3 is 0 Å². The Morgan fingerprint density at radius 2 is 2.06 bits per heavy atom. The number of fused-ring (bicyclic) bond motifs is 3. The Labute approximate surface area is 202 Å². The first-order valence-electron chi connectivity index (χ1n) is 11.9. The van der Waals surface area contributed by atoms with Gasteiger partial charge < -0.3 is 20.9 Å². The molecule has 2 aliphatic rings. The molecule has 1 aromatic carbocycles. The van der Waals surface area contributed by atoms with Crippen molar-refractivity contribution < 1.29 is 9.59 Å². The van der Waals surface area contributed by atoms with Gasteiger partial charge in [0.15, 0.2) is 0 Å². The van der Waals surface area contributed by atoms with Gasteiger partial charge in [-0.15, -0.1) is 0 Å². The van der Waals surface area contributed by atoms with E-state index in [9.17, 15) is 9.59 Å². The van der Waals surface area contributed by atoms with Crippen molar-refractivity contribution >= 4 is 28.5 Å². The summed E-state index contributed by atoms with van der Waals surface area (Å²) in [6, 6.07) is 7.49. The first-order chi connectivity index (χ1) is 17.0. The van der Waals surface area contributed by atoms with Crippen LogP contribution < -0.4 is 11.1 Å². The highest BCUT2D eigenvalue weighted by atomic mass is 16.2. The summed E-state index contributed by atoms with van der Waals surface area (Å²) in [5, 5.41) is 8.36. The lowest BCUT2D eigenvalue weighted by Crippen LogP contribution is -2.38. The monoisotopic (exact) mass is 469 g/mol. The second-order valence-electron chi connectivity index (χ2n) is 9.47. The highest BCUT2D eigenvalue weighted by molar-refractivity contribution is 6.01. The smallest absolute Gasteiger partial charge is 0.255 e. The molecule has 6 rings (SSSR count). The normalized spacial score (nSPS) is 17.2. The number of pyridine rings is 1. The third-order valence-electron chi connectivity index (χ3n) is 7.11. The van der Waals surface area contributed by atoms with E-state index in [2.05, 4.69) is 20.4 Å². The number of hydrogen-bond acceptors (Lipinski definition) is 5. The number of anilines is 1. The van der Waals surface area contributed by atoms with Crippen molar-refractivity contribution in [2.75, 3.05) is 18.8 Å². The lowest BCUT2D eigenvalue weighted by atomic mass is 10.1. The zero-order valence-electron chi connectivity index (χ0n) is 19.5. The predicted octanol–water partition coefficient (Wildman–Crippen LogP) is 2.68. The summed E-state index contributed by atoms with van der Waals surface area (Å²) >= 11 is 0. The fourth-order valence-corrected chi connectivity index (χ4v) is 5.27. The minimum absolute atomic E-state index is 0.00338. The van der Waals surface area contributed by atoms with E-state index in [1.165, 1.54) is 11.3 Å². The van der Waals surface area contributed by atoms with Gasteiger partial charge in [0.25, 0.3) is 11.8 Å². The molecular formula is C26H27N7O2. The number of amides is 2. The molecule has 4 N–H and O–H groups in total. The maximum atomic E-state index is 13.2. The molecule has 1 fully saturated rings. The molecule has 3 aromatic heterocycles. The molecule has 0 spiro atoms. The first kappa shape index (κ1) is 21.4. The van der Waals surface area contributed by atoms with Gasteiger partial charge in [-0.05, 0) is 55.5 Å². The summed E-state index contributed by atoms with van der Waals surface area (Å²) in [6.45, 7) is 1.06. The van der Waals surface area contributed by atoms with Crippen LogP contribution in [0.4, 0.5) is 5.82 Å². The van der Waals surface area contributed by atoms with Crippen LogP contribution in [-0.2, 0) is 19.9 Å². The number of nitrogen functional groups attached to an aromatic ring is 1. The fourth-order valence-electron chi connectivity index (χ4n) is 5.27. The molecule has 35 heavy (non-hydrogen) atoms. The third kappa shape index (κ3) is 3.82. The summed E-state index contributed by atoms with van der Waals surface area (Å²) in [4.78, 5) is 35.8. The van der Waals surface area contributed by atoms with Crippen molar-refractivity contribution in [2.24, 2.45) is 7.05 Å². The van der Waals surface area contributed by atoms with Gasteiger partial charge in [0.05, 0.1) is 11.8 Å². The number of carbonyl (C=O) groups is 2. The molecule has 2 amide bonds. The second-order valence-corrected chi connectivity index (χ2v) is 9.47. The van der Waals surface area contributed by atoms with E-state index in [-0.39, 0.29) is 23.7 Å². The summed E-state index contributed by atoms with van der Waals surface area (Å²) in [5.41, 5.74) is 12.4. The van der Waals surface area contributed by atoms with Crippen molar-refractivity contribution in [1.82, 2.24) is 30.0 Å². The Morgan fingerprint density at radius 3 is 2.89 bits per heavy atom. The van der Waals surface area contributed by atoms with Gasteiger partial charge in [-0.3, -0.25) is 14.3 Å². The molecule has 1 aliphatic carbocycles. The molecule has 4 heterocycles. The maximum absolute atomic E-state index is 13.2. The number of H-pyrrole nitrogens is 1. The Hall–Kier alpha value is -4.14. The van der Waals surface area contributed by atoms with Gasteiger partial charge in [-0.2, -0.15) is 5.10 Å².